The van der Waals surface area contributed by atoms with Gasteiger partial charge in [-0.2, -0.15) is 0 Å². The van der Waals surface area contributed by atoms with Crippen LogP contribution in [-0.2, 0) is 0 Å². The van der Waals surface area contributed by atoms with Crippen molar-refractivity contribution < 1.29 is 0 Å². The number of nitrogens with zero attached hydrogens (tertiary/aromatic N) is 2. The number of para-hydroxylation sites is 1. The van der Waals surface area contributed by atoms with Crippen molar-refractivity contribution in [1.29, 1.82) is 0 Å². The van der Waals surface area contributed by atoms with Crippen LogP contribution in [0.3, 0.4) is 0 Å². The molecule has 0 aliphatic carbocycles. The smallest absolute Gasteiger partial charge is 0.266 e. The molecule has 0 spiro atoms. The molecule has 3 aromatic rings. The molecular weight excluding hydrogens is 366 g/mol. The fourth-order valence-corrected chi connectivity index (χ4v) is 3.15. The molecule has 2 aromatic carbocycles. The van der Waals surface area contributed by atoms with Gasteiger partial charge in [-0.25, -0.2) is 4.98 Å². The summed E-state index contributed by atoms with van der Waals surface area (Å²) in [5, 5.41) is 4.07. The van der Waals surface area contributed by atoms with E-state index in [2.05, 4.69) is 35.1 Å². The van der Waals surface area contributed by atoms with E-state index in [1.165, 1.54) is 0 Å². The van der Waals surface area contributed by atoms with Crippen molar-refractivity contribution in [1.82, 2.24) is 14.9 Å². The monoisotopic (exact) mass is 385 g/mol. The molecule has 0 saturated heterocycles. The van der Waals surface area contributed by atoms with E-state index in [1.807, 2.05) is 48.5 Å². The highest BCUT2D eigenvalue weighted by atomic mass is 79.9. The molecule has 0 bridgehead atoms. The van der Waals surface area contributed by atoms with Crippen LogP contribution in [0.15, 0.2) is 57.8 Å². The topological polar surface area (TPSA) is 46.9 Å². The van der Waals surface area contributed by atoms with Crippen molar-refractivity contribution in [3.05, 3.63) is 69.2 Å². The molecule has 0 saturated carbocycles. The highest BCUT2D eigenvalue weighted by Gasteiger charge is 2.19. The van der Waals surface area contributed by atoms with Crippen LogP contribution in [0.1, 0.15) is 32.1 Å². The van der Waals surface area contributed by atoms with E-state index in [1.54, 1.807) is 4.57 Å². The lowest BCUT2D eigenvalue weighted by Crippen LogP contribution is -2.31. The number of hydrogen-bond acceptors (Lipinski definition) is 3. The molecule has 1 atom stereocenters. The van der Waals surface area contributed by atoms with E-state index < -0.39 is 0 Å². The van der Waals surface area contributed by atoms with E-state index >= 15 is 0 Å². The molecule has 124 valence electrons. The minimum Gasteiger partial charge on any atom is -0.308 e. The molecule has 3 rings (SSSR count). The van der Waals surface area contributed by atoms with Crippen LogP contribution in [0, 0.1) is 0 Å². The normalized spacial score (nSPS) is 12.5. The predicted octanol–water partition coefficient (Wildman–Crippen LogP) is 4.21. The fraction of sp³-hybridized carbons (Fsp3) is 0.263. The van der Waals surface area contributed by atoms with Crippen molar-refractivity contribution in [3.63, 3.8) is 0 Å². The zero-order valence-corrected chi connectivity index (χ0v) is 15.4. The average molecular weight is 386 g/mol. The first-order chi connectivity index (χ1) is 11.7. The van der Waals surface area contributed by atoms with E-state index in [0.29, 0.717) is 5.39 Å². The van der Waals surface area contributed by atoms with Gasteiger partial charge in [0.15, 0.2) is 0 Å². The summed E-state index contributed by atoms with van der Waals surface area (Å²) in [5.74, 6) is 0.755. The first-order valence-corrected chi connectivity index (χ1v) is 8.96. The SMILES string of the molecule is CCNC(CC)c1nc2ccccc2c(=O)n1-c1ccc(Br)cc1. The maximum Gasteiger partial charge on any atom is 0.266 e. The Morgan fingerprint density at radius 2 is 1.83 bits per heavy atom. The number of nitrogens with one attached hydrogen (secondary N) is 1. The first-order valence-electron chi connectivity index (χ1n) is 8.16. The van der Waals surface area contributed by atoms with Crippen LogP contribution in [-0.4, -0.2) is 16.1 Å². The lowest BCUT2D eigenvalue weighted by atomic mass is 10.1. The van der Waals surface area contributed by atoms with E-state index in [-0.39, 0.29) is 11.6 Å². The van der Waals surface area contributed by atoms with Crippen molar-refractivity contribution >= 4 is 26.8 Å². The lowest BCUT2D eigenvalue weighted by Gasteiger charge is -2.21. The number of hydrogen-bond donors (Lipinski definition) is 1. The minimum atomic E-state index is -0.0331. The molecule has 0 radical (unpaired) electrons. The van der Waals surface area contributed by atoms with Crippen LogP contribution >= 0.6 is 15.9 Å². The molecule has 0 fully saturated rings. The molecule has 1 N–H and O–H groups in total. The average Bonchev–Trinajstić information content (AvgIpc) is 2.61. The van der Waals surface area contributed by atoms with Crippen molar-refractivity contribution in [2.45, 2.75) is 26.3 Å². The Labute approximate surface area is 149 Å². The number of fused-ring (bicyclic) bond motifs is 1. The Balaban J connectivity index is 2.33. The van der Waals surface area contributed by atoms with Crippen LogP contribution < -0.4 is 10.9 Å². The third-order valence-corrected chi connectivity index (χ3v) is 4.59. The zero-order valence-electron chi connectivity index (χ0n) is 13.8. The molecule has 0 amide bonds. The van der Waals surface area contributed by atoms with E-state index in [4.69, 9.17) is 4.98 Å². The summed E-state index contributed by atoms with van der Waals surface area (Å²) in [4.78, 5) is 18.0. The molecule has 5 heteroatoms. The number of benzene rings is 2. The van der Waals surface area contributed by atoms with Gasteiger partial charge in [0.2, 0.25) is 0 Å². The summed E-state index contributed by atoms with van der Waals surface area (Å²) in [7, 11) is 0. The quantitative estimate of drug-likeness (QED) is 0.715. The highest BCUT2D eigenvalue weighted by molar-refractivity contribution is 9.10. The second kappa shape index (κ2) is 7.28. The predicted molar refractivity (Wildman–Crippen MR) is 102 cm³/mol. The van der Waals surface area contributed by atoms with Crippen molar-refractivity contribution in [3.8, 4) is 5.69 Å². The summed E-state index contributed by atoms with van der Waals surface area (Å²) in [6.45, 7) is 4.98. The summed E-state index contributed by atoms with van der Waals surface area (Å²) >= 11 is 3.45. The third kappa shape index (κ3) is 3.14. The molecule has 1 heterocycles. The van der Waals surface area contributed by atoms with Gasteiger partial charge in [0, 0.05) is 4.47 Å². The fourth-order valence-electron chi connectivity index (χ4n) is 2.89. The lowest BCUT2D eigenvalue weighted by molar-refractivity contribution is 0.498. The molecule has 0 aliphatic heterocycles. The molecule has 24 heavy (non-hydrogen) atoms. The van der Waals surface area contributed by atoms with Gasteiger partial charge < -0.3 is 5.32 Å². The van der Waals surface area contributed by atoms with Crippen LogP contribution in [0.5, 0.6) is 0 Å². The van der Waals surface area contributed by atoms with Gasteiger partial charge in [-0.05, 0) is 49.4 Å². The van der Waals surface area contributed by atoms with Crippen LogP contribution in [0.4, 0.5) is 0 Å². The number of aromatic nitrogens is 2. The van der Waals surface area contributed by atoms with Gasteiger partial charge in [-0.3, -0.25) is 9.36 Å². The minimum absolute atomic E-state index is 0.0240. The zero-order chi connectivity index (χ0) is 17.1. The molecule has 0 aliphatic rings. The molecule has 1 aromatic heterocycles. The van der Waals surface area contributed by atoms with Gasteiger partial charge in [0.05, 0.1) is 22.6 Å². The Bertz CT molecular complexity index is 903. The third-order valence-electron chi connectivity index (χ3n) is 4.06. The Morgan fingerprint density at radius 1 is 1.12 bits per heavy atom. The molecule has 4 nitrogen and oxygen atoms in total. The summed E-state index contributed by atoms with van der Waals surface area (Å²) in [6, 6.07) is 15.3. The Hall–Kier alpha value is -1.98. The van der Waals surface area contributed by atoms with Crippen LogP contribution in [0.2, 0.25) is 0 Å². The Kier molecular flexibility index (Phi) is 5.11. The largest absolute Gasteiger partial charge is 0.308 e. The summed E-state index contributed by atoms with van der Waals surface area (Å²) in [6.07, 6.45) is 0.856. The molecular formula is C19H20BrN3O. The second-order valence-electron chi connectivity index (χ2n) is 5.62. The molecule has 1 unspecified atom stereocenters. The maximum atomic E-state index is 13.1. The summed E-state index contributed by atoms with van der Waals surface area (Å²) < 4.78 is 2.71. The van der Waals surface area contributed by atoms with Gasteiger partial charge in [-0.1, -0.05) is 41.9 Å². The van der Waals surface area contributed by atoms with Gasteiger partial charge in [0.25, 0.3) is 5.56 Å². The number of rotatable bonds is 5. The van der Waals surface area contributed by atoms with Gasteiger partial charge in [-0.15, -0.1) is 0 Å². The standard InChI is InChI=1S/C19H20BrN3O/c1-3-16(21-4-2)18-22-17-8-6-5-7-15(17)19(24)23(18)14-11-9-13(20)10-12-14/h5-12,16,21H,3-4H2,1-2H3. The van der Waals surface area contributed by atoms with Gasteiger partial charge in [0.1, 0.15) is 5.82 Å². The second-order valence-corrected chi connectivity index (χ2v) is 6.54. The number of halogens is 1. The van der Waals surface area contributed by atoms with E-state index in [9.17, 15) is 4.79 Å². The van der Waals surface area contributed by atoms with E-state index in [0.717, 1.165) is 34.5 Å². The first kappa shape index (κ1) is 16.9. The highest BCUT2D eigenvalue weighted by Crippen LogP contribution is 2.21. The van der Waals surface area contributed by atoms with Crippen molar-refractivity contribution in [2.75, 3.05) is 6.54 Å². The maximum absolute atomic E-state index is 13.1. The van der Waals surface area contributed by atoms with Gasteiger partial charge >= 0.3 is 0 Å². The van der Waals surface area contributed by atoms with Crippen LogP contribution in [0.25, 0.3) is 16.6 Å². The Morgan fingerprint density at radius 3 is 2.50 bits per heavy atom. The summed E-state index contributed by atoms with van der Waals surface area (Å²) in [5.41, 5.74) is 1.53. The van der Waals surface area contributed by atoms with Crippen molar-refractivity contribution in [2.24, 2.45) is 0 Å².